The third-order valence-electron chi connectivity index (χ3n) is 2.29. The molecule has 17 heavy (non-hydrogen) atoms. The summed E-state index contributed by atoms with van der Waals surface area (Å²) >= 11 is 3.32. The molecule has 0 saturated heterocycles. The Morgan fingerprint density at radius 3 is 2.65 bits per heavy atom. The van der Waals surface area contributed by atoms with Crippen molar-refractivity contribution in [1.29, 1.82) is 0 Å². The summed E-state index contributed by atoms with van der Waals surface area (Å²) in [6.45, 7) is 7.23. The minimum Gasteiger partial charge on any atom is -0.360 e. The highest BCUT2D eigenvalue weighted by Gasteiger charge is 2.13. The van der Waals surface area contributed by atoms with E-state index in [0.717, 1.165) is 45.1 Å². The predicted molar refractivity (Wildman–Crippen MR) is 73.9 cm³/mol. The van der Waals surface area contributed by atoms with Crippen LogP contribution in [0.15, 0.2) is 0 Å². The fraction of sp³-hybridized carbons (Fsp3) is 0.545. The minimum atomic E-state index is 0.896. The molecule has 92 valence electrons. The van der Waals surface area contributed by atoms with E-state index in [2.05, 4.69) is 34.3 Å². The number of anilines is 1. The minimum absolute atomic E-state index is 0.896. The van der Waals surface area contributed by atoms with E-state index in [-0.39, 0.29) is 0 Å². The van der Waals surface area contributed by atoms with Gasteiger partial charge >= 0.3 is 0 Å². The fourth-order valence-electron chi connectivity index (χ4n) is 1.42. The van der Waals surface area contributed by atoms with Crippen LogP contribution in [0.5, 0.6) is 0 Å². The van der Waals surface area contributed by atoms with E-state index in [1.54, 1.807) is 22.7 Å². The van der Waals surface area contributed by atoms with Crippen molar-refractivity contribution in [1.82, 2.24) is 15.2 Å². The molecule has 0 radical (unpaired) electrons. The molecule has 0 saturated carbocycles. The molecule has 4 nitrogen and oxygen atoms in total. The molecule has 0 aliphatic heterocycles. The SMILES string of the molecule is CCCNc1nnc(-c2sc(CC)nc2C)s1. The van der Waals surface area contributed by atoms with Crippen molar-refractivity contribution in [3.05, 3.63) is 10.7 Å². The molecular weight excluding hydrogens is 252 g/mol. The van der Waals surface area contributed by atoms with Gasteiger partial charge in [0.05, 0.1) is 15.6 Å². The number of hydrogen-bond acceptors (Lipinski definition) is 6. The molecule has 0 amide bonds. The molecule has 2 heterocycles. The van der Waals surface area contributed by atoms with Crippen LogP contribution in [0.1, 0.15) is 31.0 Å². The van der Waals surface area contributed by atoms with E-state index in [1.165, 1.54) is 0 Å². The van der Waals surface area contributed by atoms with Gasteiger partial charge < -0.3 is 5.32 Å². The standard InChI is InChI=1S/C11H16N4S2/c1-4-6-12-11-15-14-10(17-11)9-7(3)13-8(5-2)16-9/h4-6H2,1-3H3,(H,12,15). The molecule has 0 atom stereocenters. The number of nitrogens with zero attached hydrogens (tertiary/aromatic N) is 3. The molecule has 0 fully saturated rings. The van der Waals surface area contributed by atoms with Gasteiger partial charge in [-0.15, -0.1) is 21.5 Å². The fourth-order valence-corrected chi connectivity index (χ4v) is 3.32. The van der Waals surface area contributed by atoms with Crippen LogP contribution in [-0.2, 0) is 6.42 Å². The second-order valence-corrected chi connectivity index (χ2v) is 5.78. The Bertz CT molecular complexity index is 489. The molecule has 0 aliphatic rings. The summed E-state index contributed by atoms with van der Waals surface area (Å²) in [7, 11) is 0. The first-order chi connectivity index (χ1) is 8.24. The van der Waals surface area contributed by atoms with E-state index in [1.807, 2.05) is 6.92 Å². The van der Waals surface area contributed by atoms with E-state index >= 15 is 0 Å². The lowest BCUT2D eigenvalue weighted by molar-refractivity contribution is 0.964. The van der Waals surface area contributed by atoms with Gasteiger partial charge in [0.1, 0.15) is 0 Å². The number of hydrogen-bond donors (Lipinski definition) is 1. The molecule has 0 spiro atoms. The number of rotatable bonds is 5. The van der Waals surface area contributed by atoms with E-state index < -0.39 is 0 Å². The Balaban J connectivity index is 2.20. The average molecular weight is 268 g/mol. The number of aromatic nitrogens is 3. The van der Waals surface area contributed by atoms with Gasteiger partial charge in [0.2, 0.25) is 5.13 Å². The van der Waals surface area contributed by atoms with Crippen molar-refractivity contribution in [2.24, 2.45) is 0 Å². The van der Waals surface area contributed by atoms with Gasteiger partial charge in [-0.1, -0.05) is 25.2 Å². The zero-order valence-corrected chi connectivity index (χ0v) is 11.9. The lowest BCUT2D eigenvalue weighted by Crippen LogP contribution is -1.98. The zero-order valence-electron chi connectivity index (χ0n) is 10.3. The second-order valence-electron chi connectivity index (χ2n) is 3.71. The lowest BCUT2D eigenvalue weighted by Gasteiger charge is -1.95. The van der Waals surface area contributed by atoms with Gasteiger partial charge in [-0.3, -0.25) is 0 Å². The van der Waals surface area contributed by atoms with Crippen molar-refractivity contribution in [3.8, 4) is 9.88 Å². The molecule has 0 aromatic carbocycles. The van der Waals surface area contributed by atoms with Gasteiger partial charge in [0.15, 0.2) is 5.01 Å². The summed E-state index contributed by atoms with van der Waals surface area (Å²) in [5.41, 5.74) is 1.06. The molecule has 0 aliphatic carbocycles. The normalized spacial score (nSPS) is 10.8. The average Bonchev–Trinajstić information content (AvgIpc) is 2.92. The third kappa shape index (κ3) is 2.81. The topological polar surface area (TPSA) is 50.7 Å². The van der Waals surface area contributed by atoms with E-state index in [0.29, 0.717) is 0 Å². The molecule has 2 aromatic rings. The van der Waals surface area contributed by atoms with Gasteiger partial charge in [0.25, 0.3) is 0 Å². The lowest BCUT2D eigenvalue weighted by atomic mass is 10.4. The first-order valence-electron chi connectivity index (χ1n) is 5.78. The van der Waals surface area contributed by atoms with Crippen LogP contribution in [-0.4, -0.2) is 21.7 Å². The number of aryl methyl sites for hydroxylation is 2. The van der Waals surface area contributed by atoms with Crippen LogP contribution in [0.4, 0.5) is 5.13 Å². The summed E-state index contributed by atoms with van der Waals surface area (Å²) in [6.07, 6.45) is 2.07. The number of nitrogens with one attached hydrogen (secondary N) is 1. The third-order valence-corrected chi connectivity index (χ3v) is 4.62. The highest BCUT2D eigenvalue weighted by molar-refractivity contribution is 7.23. The molecule has 1 N–H and O–H groups in total. The molecule has 0 bridgehead atoms. The summed E-state index contributed by atoms with van der Waals surface area (Å²) in [4.78, 5) is 5.67. The maximum atomic E-state index is 4.51. The Morgan fingerprint density at radius 2 is 2.00 bits per heavy atom. The quantitative estimate of drug-likeness (QED) is 0.903. The molecule has 2 aromatic heterocycles. The Kier molecular flexibility index (Phi) is 4.06. The van der Waals surface area contributed by atoms with Gasteiger partial charge in [0, 0.05) is 6.54 Å². The van der Waals surface area contributed by atoms with Crippen molar-refractivity contribution in [2.75, 3.05) is 11.9 Å². The molecule has 6 heteroatoms. The van der Waals surface area contributed by atoms with Crippen LogP contribution in [0.25, 0.3) is 9.88 Å². The Morgan fingerprint density at radius 1 is 1.18 bits per heavy atom. The summed E-state index contributed by atoms with van der Waals surface area (Å²) in [5, 5.41) is 14.7. The largest absolute Gasteiger partial charge is 0.360 e. The summed E-state index contributed by atoms with van der Waals surface area (Å²) < 4.78 is 0. The van der Waals surface area contributed by atoms with Crippen molar-refractivity contribution in [2.45, 2.75) is 33.6 Å². The zero-order chi connectivity index (χ0) is 12.3. The van der Waals surface area contributed by atoms with E-state index in [4.69, 9.17) is 0 Å². The van der Waals surface area contributed by atoms with Crippen molar-refractivity contribution < 1.29 is 0 Å². The highest BCUT2D eigenvalue weighted by Crippen LogP contribution is 2.33. The first kappa shape index (κ1) is 12.4. The Hall–Kier alpha value is -1.01. The Labute approximate surface area is 109 Å². The van der Waals surface area contributed by atoms with E-state index in [9.17, 15) is 0 Å². The summed E-state index contributed by atoms with van der Waals surface area (Å²) in [5.74, 6) is 0. The monoisotopic (exact) mass is 268 g/mol. The van der Waals surface area contributed by atoms with Crippen LogP contribution in [0, 0.1) is 6.92 Å². The first-order valence-corrected chi connectivity index (χ1v) is 7.42. The highest BCUT2D eigenvalue weighted by atomic mass is 32.1. The second kappa shape index (κ2) is 5.55. The van der Waals surface area contributed by atoms with Crippen molar-refractivity contribution in [3.63, 3.8) is 0 Å². The van der Waals surface area contributed by atoms with Gasteiger partial charge in [-0.2, -0.15) is 0 Å². The molecule has 2 rings (SSSR count). The maximum Gasteiger partial charge on any atom is 0.206 e. The maximum absolute atomic E-state index is 4.51. The van der Waals surface area contributed by atoms with Gasteiger partial charge in [-0.25, -0.2) is 4.98 Å². The van der Waals surface area contributed by atoms with Crippen LogP contribution < -0.4 is 5.32 Å². The number of thiazole rings is 1. The predicted octanol–water partition coefficient (Wildman–Crippen LogP) is 3.35. The molecular formula is C11H16N4S2. The smallest absolute Gasteiger partial charge is 0.206 e. The van der Waals surface area contributed by atoms with Crippen LogP contribution in [0.3, 0.4) is 0 Å². The van der Waals surface area contributed by atoms with Crippen LogP contribution >= 0.6 is 22.7 Å². The van der Waals surface area contributed by atoms with Gasteiger partial charge in [-0.05, 0) is 19.8 Å². The van der Waals surface area contributed by atoms with Crippen molar-refractivity contribution >= 4 is 27.8 Å². The molecule has 0 unspecified atom stereocenters. The van der Waals surface area contributed by atoms with Crippen LogP contribution in [0.2, 0.25) is 0 Å². The summed E-state index contributed by atoms with van der Waals surface area (Å²) in [6, 6.07) is 0.